The highest BCUT2D eigenvalue weighted by atomic mass is 32.1. The van der Waals surface area contributed by atoms with Crippen LogP contribution in [0.2, 0.25) is 0 Å². The fourth-order valence-corrected chi connectivity index (χ4v) is 6.17. The highest BCUT2D eigenvalue weighted by Gasteiger charge is 2.35. The van der Waals surface area contributed by atoms with Gasteiger partial charge in [0.25, 0.3) is 11.2 Å². The molecular weight excluding hydrogens is 520 g/mol. The van der Waals surface area contributed by atoms with E-state index in [0.29, 0.717) is 31.9 Å². The Labute approximate surface area is 228 Å². The van der Waals surface area contributed by atoms with Gasteiger partial charge in [0, 0.05) is 42.0 Å². The maximum atomic E-state index is 14.0. The number of rotatable bonds is 7. The number of hydrogen-bond donors (Lipinski definition) is 0. The third-order valence-corrected chi connectivity index (χ3v) is 7.89. The minimum atomic E-state index is -0.818. The Kier molecular flexibility index (Phi) is 7.34. The number of esters is 1. The van der Waals surface area contributed by atoms with E-state index in [1.807, 2.05) is 18.2 Å². The van der Waals surface area contributed by atoms with Gasteiger partial charge in [-0.2, -0.15) is 0 Å². The van der Waals surface area contributed by atoms with Gasteiger partial charge in [-0.05, 0) is 44.9 Å². The van der Waals surface area contributed by atoms with Crippen molar-refractivity contribution in [2.24, 2.45) is 4.99 Å². The number of allylic oxidation sites excluding steroid dienone is 1. The van der Waals surface area contributed by atoms with Gasteiger partial charge in [0.2, 0.25) is 0 Å². The molecule has 11 heteroatoms. The van der Waals surface area contributed by atoms with Gasteiger partial charge in [-0.25, -0.2) is 9.79 Å². The van der Waals surface area contributed by atoms with Gasteiger partial charge in [-0.1, -0.05) is 29.5 Å². The number of thiazole rings is 1. The Morgan fingerprint density at radius 1 is 1.23 bits per heavy atom. The molecule has 5 rings (SSSR count). The molecule has 0 N–H and O–H groups in total. The number of benzene rings is 2. The van der Waals surface area contributed by atoms with Crippen molar-refractivity contribution in [3.8, 4) is 5.75 Å². The van der Waals surface area contributed by atoms with Crippen LogP contribution in [0.1, 0.15) is 43.9 Å². The van der Waals surface area contributed by atoms with E-state index in [1.165, 1.54) is 35.1 Å². The normalized spacial score (nSPS) is 17.2. The average Bonchev–Trinajstić information content (AvgIpc) is 3.56. The first kappa shape index (κ1) is 26.4. The van der Waals surface area contributed by atoms with Crippen molar-refractivity contribution in [1.82, 2.24) is 4.57 Å². The second-order valence-corrected chi connectivity index (χ2v) is 10.2. The molecule has 39 heavy (non-hydrogen) atoms. The maximum Gasteiger partial charge on any atom is 0.338 e. The average molecular weight is 549 g/mol. The van der Waals surface area contributed by atoms with E-state index in [4.69, 9.17) is 9.47 Å². The third kappa shape index (κ3) is 4.85. The van der Waals surface area contributed by atoms with Crippen molar-refractivity contribution in [3.05, 3.63) is 94.7 Å². The molecule has 0 aliphatic carbocycles. The lowest BCUT2D eigenvalue weighted by atomic mass is 9.95. The molecule has 1 unspecified atom stereocenters. The minimum absolute atomic E-state index is 0.0516. The number of methoxy groups -OCH3 is 1. The van der Waals surface area contributed by atoms with E-state index >= 15 is 0 Å². The largest absolute Gasteiger partial charge is 0.496 e. The first-order valence-corrected chi connectivity index (χ1v) is 13.5. The lowest BCUT2D eigenvalue weighted by Crippen LogP contribution is -2.40. The summed E-state index contributed by atoms with van der Waals surface area (Å²) < 4.78 is 12.8. The molecule has 202 valence electrons. The molecule has 1 aromatic heterocycles. The van der Waals surface area contributed by atoms with E-state index < -0.39 is 16.9 Å². The van der Waals surface area contributed by atoms with Gasteiger partial charge in [-0.15, -0.1) is 0 Å². The zero-order valence-corrected chi connectivity index (χ0v) is 22.7. The van der Waals surface area contributed by atoms with Crippen LogP contribution in [0.4, 0.5) is 11.4 Å². The molecule has 0 spiro atoms. The summed E-state index contributed by atoms with van der Waals surface area (Å²) >= 11 is 1.18. The van der Waals surface area contributed by atoms with Gasteiger partial charge < -0.3 is 14.4 Å². The molecule has 10 nitrogen and oxygen atoms in total. The van der Waals surface area contributed by atoms with E-state index in [2.05, 4.69) is 9.89 Å². The summed E-state index contributed by atoms with van der Waals surface area (Å²) in [6.07, 6.45) is 3.76. The van der Waals surface area contributed by atoms with E-state index in [9.17, 15) is 19.7 Å². The fourth-order valence-electron chi connectivity index (χ4n) is 5.14. The van der Waals surface area contributed by atoms with E-state index in [-0.39, 0.29) is 23.4 Å². The molecule has 0 saturated carbocycles. The number of ether oxygens (including phenoxy) is 2. The fraction of sp³-hybridized carbons (Fsp3) is 0.321. The number of nitro groups is 1. The van der Waals surface area contributed by atoms with Crippen molar-refractivity contribution in [3.63, 3.8) is 0 Å². The van der Waals surface area contributed by atoms with Crippen molar-refractivity contribution in [2.75, 3.05) is 31.7 Å². The lowest BCUT2D eigenvalue weighted by molar-refractivity contribution is -0.384. The molecule has 0 radical (unpaired) electrons. The third-order valence-electron chi connectivity index (χ3n) is 6.91. The topological polar surface area (TPSA) is 116 Å². The van der Waals surface area contributed by atoms with Crippen LogP contribution in [-0.2, 0) is 9.53 Å². The van der Waals surface area contributed by atoms with Crippen molar-refractivity contribution < 1.29 is 19.2 Å². The van der Waals surface area contributed by atoms with Gasteiger partial charge >= 0.3 is 5.97 Å². The minimum Gasteiger partial charge on any atom is -0.496 e. The van der Waals surface area contributed by atoms with Crippen LogP contribution in [0, 0.1) is 10.1 Å². The number of anilines is 1. The van der Waals surface area contributed by atoms with Crippen LogP contribution < -0.4 is 24.5 Å². The molecule has 0 amide bonds. The SMILES string of the molecule is CCOC(=O)C1=C(C)N=c2s/c(=C/c3cc([N+](=O)[O-])ccc3N3CCCC3)c(=O)n2C1c1ccccc1OC. The van der Waals surface area contributed by atoms with Crippen LogP contribution in [0.15, 0.2) is 63.5 Å². The number of carbonyl (C=O) groups excluding carboxylic acids is 1. The standard InChI is InChI=1S/C28H28N4O6S/c1-4-38-27(34)24-17(2)29-28-31(25(24)20-9-5-6-10-22(20)37-3)26(33)23(39-28)16-18-15-19(32(35)36)11-12-21(18)30-13-7-8-14-30/h5-6,9-12,15-16,25H,4,7-8,13-14H2,1-3H3/b23-16+. The summed E-state index contributed by atoms with van der Waals surface area (Å²) in [5, 5.41) is 11.6. The summed E-state index contributed by atoms with van der Waals surface area (Å²) in [6.45, 7) is 5.30. The second kappa shape index (κ2) is 10.9. The number of carbonyl (C=O) groups is 1. The molecular formula is C28H28N4O6S. The number of para-hydroxylation sites is 1. The van der Waals surface area contributed by atoms with Crippen LogP contribution >= 0.6 is 11.3 Å². The molecule has 0 bridgehead atoms. The van der Waals surface area contributed by atoms with E-state index in [1.54, 1.807) is 32.1 Å². The Morgan fingerprint density at radius 3 is 2.67 bits per heavy atom. The molecule has 1 fully saturated rings. The molecule has 2 aromatic carbocycles. The van der Waals surface area contributed by atoms with Crippen LogP contribution in [-0.4, -0.2) is 42.3 Å². The first-order chi connectivity index (χ1) is 18.8. The summed E-state index contributed by atoms with van der Waals surface area (Å²) in [6, 6.07) is 11.1. The number of non-ortho nitro benzene ring substituents is 1. The Balaban J connectivity index is 1.75. The Morgan fingerprint density at radius 2 is 1.97 bits per heavy atom. The number of nitro benzene ring substituents is 1. The van der Waals surface area contributed by atoms with Gasteiger partial charge in [0.15, 0.2) is 4.80 Å². The first-order valence-electron chi connectivity index (χ1n) is 12.7. The molecule has 3 aromatic rings. The van der Waals surface area contributed by atoms with E-state index in [0.717, 1.165) is 31.6 Å². The van der Waals surface area contributed by atoms with Crippen LogP contribution in [0.3, 0.4) is 0 Å². The quantitative estimate of drug-likeness (QED) is 0.253. The Hall–Kier alpha value is -4.25. The highest BCUT2D eigenvalue weighted by molar-refractivity contribution is 7.07. The molecule has 1 saturated heterocycles. The maximum absolute atomic E-state index is 14.0. The predicted molar refractivity (Wildman–Crippen MR) is 148 cm³/mol. The van der Waals surface area contributed by atoms with Crippen molar-refractivity contribution in [2.45, 2.75) is 32.7 Å². The van der Waals surface area contributed by atoms with Gasteiger partial charge in [0.1, 0.15) is 11.8 Å². The van der Waals surface area contributed by atoms with Crippen molar-refractivity contribution in [1.29, 1.82) is 0 Å². The summed E-state index contributed by atoms with van der Waals surface area (Å²) in [7, 11) is 1.53. The predicted octanol–water partition coefficient (Wildman–Crippen LogP) is 3.32. The number of hydrogen-bond acceptors (Lipinski definition) is 9. The zero-order valence-electron chi connectivity index (χ0n) is 21.9. The molecule has 3 heterocycles. The number of nitrogens with zero attached hydrogens (tertiary/aromatic N) is 4. The van der Waals surface area contributed by atoms with Crippen LogP contribution in [0.25, 0.3) is 6.08 Å². The molecule has 1 atom stereocenters. The monoisotopic (exact) mass is 548 g/mol. The van der Waals surface area contributed by atoms with Crippen molar-refractivity contribution >= 4 is 34.8 Å². The summed E-state index contributed by atoms with van der Waals surface area (Å²) in [4.78, 5) is 45.5. The number of fused-ring (bicyclic) bond motifs is 1. The zero-order chi connectivity index (χ0) is 27.7. The number of aromatic nitrogens is 1. The summed E-state index contributed by atoms with van der Waals surface area (Å²) in [5.74, 6) is -0.0393. The van der Waals surface area contributed by atoms with Gasteiger partial charge in [-0.3, -0.25) is 19.5 Å². The molecule has 2 aliphatic heterocycles. The summed E-state index contributed by atoms with van der Waals surface area (Å²) in [5.41, 5.74) is 2.35. The highest BCUT2D eigenvalue weighted by Crippen LogP contribution is 2.36. The second-order valence-electron chi connectivity index (χ2n) is 9.24. The Bertz CT molecular complexity index is 1670. The van der Waals surface area contributed by atoms with Crippen LogP contribution in [0.5, 0.6) is 5.75 Å². The lowest BCUT2D eigenvalue weighted by Gasteiger charge is -2.25. The smallest absolute Gasteiger partial charge is 0.338 e. The van der Waals surface area contributed by atoms with Gasteiger partial charge in [0.05, 0.1) is 34.4 Å². The molecule has 2 aliphatic rings.